The summed E-state index contributed by atoms with van der Waals surface area (Å²) in [5, 5.41) is 8.05. The van der Waals surface area contributed by atoms with Gasteiger partial charge >= 0.3 is 51.4 Å². The molecule has 2 amide bonds. The van der Waals surface area contributed by atoms with Crippen molar-refractivity contribution >= 4 is 32.1 Å². The molecule has 16 heteroatoms. The number of unbranched alkanes of at least 4 members (excludes halogenated alkanes) is 16. The summed E-state index contributed by atoms with van der Waals surface area (Å²) in [7, 11) is 7.50. The monoisotopic (exact) mass is 913 g/mol. The second-order valence-corrected chi connectivity index (χ2v) is 19.2. The molecule has 0 bridgehead atoms. The molecule has 2 aromatic carbocycles. The van der Waals surface area contributed by atoms with Crippen molar-refractivity contribution < 1.29 is 97.9 Å². The van der Waals surface area contributed by atoms with E-state index in [2.05, 4.69) is 21.1 Å². The molecule has 0 aromatic heterocycles. The molecule has 2 N–H and O–H groups in total. The first kappa shape index (κ1) is 58.0. The molecule has 0 heterocycles. The molecule has 0 unspecified atom stereocenters. The first-order valence-corrected chi connectivity index (χ1v) is 23.9. The van der Waals surface area contributed by atoms with Crippen molar-refractivity contribution in [1.29, 1.82) is 0 Å². The zero-order chi connectivity index (χ0) is 44.7. The maximum absolute atomic E-state index is 12.1. The van der Waals surface area contributed by atoms with Gasteiger partial charge in [0, 0.05) is 0 Å². The number of amides is 2. The Morgan fingerprint density at radius 1 is 0.516 bits per heavy atom. The third kappa shape index (κ3) is 34.4. The van der Waals surface area contributed by atoms with E-state index in [4.69, 9.17) is 18.5 Å². The van der Waals surface area contributed by atoms with E-state index in [0.29, 0.717) is 48.1 Å². The minimum absolute atomic E-state index is 0. The Hall–Kier alpha value is -2.01. The first-order valence-electron chi connectivity index (χ1n) is 22.4. The van der Waals surface area contributed by atoms with Crippen molar-refractivity contribution in [3.05, 3.63) is 59.7 Å². The Kier molecular flexibility index (Phi) is 32.1. The average molecular weight is 913 g/mol. The Bertz CT molecular complexity index is 1470. The fourth-order valence-electron chi connectivity index (χ4n) is 6.24. The number of likely N-dealkylation sites (N-methyl/N-ethyl adjacent to an activating group) is 2. The number of carbonyl (C=O) groups excluding carboxylic acids is 2. The number of benzene rings is 2. The van der Waals surface area contributed by atoms with Crippen LogP contribution in [-0.2, 0) is 23.2 Å². The van der Waals surface area contributed by atoms with E-state index in [-0.39, 0.29) is 76.4 Å². The van der Waals surface area contributed by atoms with E-state index >= 15 is 0 Å². The molecule has 0 saturated carbocycles. The summed E-state index contributed by atoms with van der Waals surface area (Å²) >= 11 is 0. The van der Waals surface area contributed by atoms with Crippen LogP contribution in [0, 0.1) is 0 Å². The minimum atomic E-state index is -4.23. The van der Waals surface area contributed by atoms with Gasteiger partial charge in [-0.1, -0.05) is 89.9 Å². The van der Waals surface area contributed by atoms with Crippen molar-refractivity contribution in [3.8, 4) is 11.5 Å². The summed E-state index contributed by atoms with van der Waals surface area (Å²) in [6.45, 7) is 2.45. The largest absolute Gasteiger partial charge is 1.00 e. The van der Waals surface area contributed by atoms with Crippen LogP contribution in [0.15, 0.2) is 58.7 Å². The summed E-state index contributed by atoms with van der Waals surface area (Å²) in [6, 6.07) is 15.3. The Labute approximate surface area is 416 Å². The number of quaternary nitrogens is 2. The fourth-order valence-corrected chi connectivity index (χ4v) is 7.02. The number of nitrogens with one attached hydrogen (secondary N) is 2. The number of rotatable bonds is 36. The predicted molar refractivity (Wildman–Crippen MR) is 244 cm³/mol. The number of ether oxygens (including phenoxy) is 2. The Morgan fingerprint density at radius 2 is 0.790 bits per heavy atom. The second-order valence-electron chi connectivity index (χ2n) is 17.8. The van der Waals surface area contributed by atoms with Gasteiger partial charge in [-0.2, -0.15) is 10.2 Å². The van der Waals surface area contributed by atoms with Crippen LogP contribution < -0.4 is 76.6 Å². The molecule has 0 saturated heterocycles. The zero-order valence-electron chi connectivity index (χ0n) is 39.2. The quantitative estimate of drug-likeness (QED) is 0.0242. The molecule has 14 nitrogen and oxygen atoms in total. The number of phosphoric acid groups is 1. The van der Waals surface area contributed by atoms with E-state index in [1.807, 2.05) is 90.8 Å². The van der Waals surface area contributed by atoms with E-state index in [9.17, 15) is 19.0 Å². The molecular weight excluding hydrogens is 835 g/mol. The van der Waals surface area contributed by atoms with Gasteiger partial charge in [-0.3, -0.25) is 14.2 Å². The maximum Gasteiger partial charge on any atom is 1.00 e. The SMILES string of the molecule is C[N+](C)(C)CC(=O)N/N=C\c1ccc(OCCCCCCCCCCCOP(=O)([O-])OCCCCCCCCCCCOc2ccc(/C=N\NC(=O)C[N+](C)(C)C)cc2)cc1.[K+]. The molecule has 0 radical (unpaired) electrons. The molecule has 344 valence electrons. The summed E-state index contributed by atoms with van der Waals surface area (Å²) in [4.78, 5) is 35.8. The van der Waals surface area contributed by atoms with Crippen molar-refractivity contribution in [1.82, 2.24) is 10.9 Å². The van der Waals surface area contributed by atoms with Gasteiger partial charge in [0.1, 0.15) is 11.5 Å². The van der Waals surface area contributed by atoms with Gasteiger partial charge in [-0.15, -0.1) is 0 Å². The topological polar surface area (TPSA) is 160 Å². The molecule has 0 fully saturated rings. The van der Waals surface area contributed by atoms with Crippen LogP contribution in [0.5, 0.6) is 11.5 Å². The Balaban J connectivity index is 0.0000192. The smallest absolute Gasteiger partial charge is 0.756 e. The van der Waals surface area contributed by atoms with Crippen LogP contribution in [0.25, 0.3) is 0 Å². The van der Waals surface area contributed by atoms with Gasteiger partial charge in [0.15, 0.2) is 13.1 Å². The summed E-state index contributed by atoms with van der Waals surface area (Å²) in [5.74, 6) is 1.40. The van der Waals surface area contributed by atoms with E-state index < -0.39 is 7.82 Å². The molecule has 62 heavy (non-hydrogen) atoms. The van der Waals surface area contributed by atoms with E-state index in [0.717, 1.165) is 86.8 Å². The molecule has 0 atom stereocenters. The fraction of sp³-hybridized carbons (Fsp3) is 0.652. The summed E-state index contributed by atoms with van der Waals surface area (Å²) in [5.41, 5.74) is 6.89. The van der Waals surface area contributed by atoms with E-state index in [1.54, 1.807) is 12.4 Å². The van der Waals surface area contributed by atoms with Gasteiger partial charge in [0.05, 0.1) is 81.1 Å². The van der Waals surface area contributed by atoms with Gasteiger partial charge in [-0.05, 0) is 85.3 Å². The van der Waals surface area contributed by atoms with Crippen LogP contribution in [-0.4, -0.2) is 115 Å². The van der Waals surface area contributed by atoms with Gasteiger partial charge < -0.3 is 32.4 Å². The number of hydrazone groups is 2. The normalized spacial score (nSPS) is 12.1. The van der Waals surface area contributed by atoms with Crippen molar-refractivity contribution in [3.63, 3.8) is 0 Å². The number of hydrogen-bond acceptors (Lipinski definition) is 10. The molecule has 2 rings (SSSR count). The number of hydrogen-bond donors (Lipinski definition) is 2. The Morgan fingerprint density at radius 3 is 1.08 bits per heavy atom. The van der Waals surface area contributed by atoms with Crippen LogP contribution >= 0.6 is 7.82 Å². The number of nitrogens with zero attached hydrogens (tertiary/aromatic N) is 4. The van der Waals surface area contributed by atoms with Gasteiger partial charge in [0.2, 0.25) is 0 Å². The first-order chi connectivity index (χ1) is 29.1. The second kappa shape index (κ2) is 34.4. The summed E-state index contributed by atoms with van der Waals surface area (Å²) in [6.07, 6.45) is 22.4. The van der Waals surface area contributed by atoms with Crippen LogP contribution in [0.4, 0.5) is 0 Å². The molecule has 2 aromatic rings. The molecule has 0 aliphatic carbocycles. The summed E-state index contributed by atoms with van der Waals surface area (Å²) < 4.78 is 35.0. The third-order valence-corrected chi connectivity index (χ3v) is 10.4. The van der Waals surface area contributed by atoms with Gasteiger partial charge in [-0.25, -0.2) is 10.9 Å². The maximum atomic E-state index is 12.1. The van der Waals surface area contributed by atoms with Gasteiger partial charge in [0.25, 0.3) is 19.6 Å². The van der Waals surface area contributed by atoms with Crippen LogP contribution in [0.2, 0.25) is 0 Å². The molecule has 0 spiro atoms. The number of phosphoric ester groups is 1. The molecular formula is C46H78KN6O8P+2. The zero-order valence-corrected chi connectivity index (χ0v) is 43.3. The standard InChI is InChI=1S/C46H77N6O8P.K/c1-51(2,3)39-45(53)49-47-37-41-25-29-43(30-26-41)57-33-21-17-13-9-7-11-15-19-23-35-59-61(55,56)60-36-24-20-16-12-8-10-14-18-22-34-58-44-31-27-42(28-32-44)38-48-50-46(54)40-52(4,5)6;/h25-32,37-38H,7-24,33-36,39-40H2,1-6H3,(H-2,49,50,53,54,55,56);/q;+1/p+1/b47-37-,48-38-;. The predicted octanol–water partition coefficient (Wildman–Crippen LogP) is 4.98. The van der Waals surface area contributed by atoms with Crippen molar-refractivity contribution in [2.24, 2.45) is 10.2 Å². The molecule has 0 aliphatic heterocycles. The minimum Gasteiger partial charge on any atom is -0.756 e. The van der Waals surface area contributed by atoms with E-state index in [1.165, 1.54) is 38.5 Å². The van der Waals surface area contributed by atoms with Crippen LogP contribution in [0.3, 0.4) is 0 Å². The van der Waals surface area contributed by atoms with Crippen LogP contribution in [0.1, 0.15) is 127 Å². The molecule has 0 aliphatic rings. The third-order valence-electron chi connectivity index (χ3n) is 9.42. The van der Waals surface area contributed by atoms with Crippen molar-refractivity contribution in [2.75, 3.05) is 81.8 Å². The van der Waals surface area contributed by atoms with Crippen molar-refractivity contribution in [2.45, 2.75) is 116 Å². The number of carbonyl (C=O) groups is 2. The average Bonchev–Trinajstić information content (AvgIpc) is 3.18.